The summed E-state index contributed by atoms with van der Waals surface area (Å²) in [6.07, 6.45) is 7.55. The number of amides is 2. The lowest BCUT2D eigenvalue weighted by molar-refractivity contribution is -0.197. The Labute approximate surface area is 206 Å². The monoisotopic (exact) mass is 482 g/mol. The van der Waals surface area contributed by atoms with Crippen molar-refractivity contribution in [3.8, 4) is 0 Å². The molecule has 2 rings (SSSR count). The number of rotatable bonds is 11. The van der Waals surface area contributed by atoms with Crippen LogP contribution in [-0.2, 0) is 9.59 Å². The van der Waals surface area contributed by atoms with Crippen LogP contribution in [0.15, 0.2) is 0 Å². The van der Waals surface area contributed by atoms with Gasteiger partial charge >= 0.3 is 0 Å². The van der Waals surface area contributed by atoms with Crippen LogP contribution in [0, 0.1) is 11.8 Å². The fourth-order valence-corrected chi connectivity index (χ4v) is 5.98. The van der Waals surface area contributed by atoms with E-state index in [1.54, 1.807) is 0 Å². The molecule has 2 aliphatic rings. The standard InChI is InChI=1S/C26H50N4O4/c1-23(2)17-19(25(5,6)29(23)33)21(31)27-15-13-11-9-10-12-14-16-28-22(32)20-18-24(3,4)30(34)26(20,7)8/h19-20,33-34H,9-18H2,1-8H3,(H,27,31)(H,28,32). The highest BCUT2D eigenvalue weighted by atomic mass is 16.5. The van der Waals surface area contributed by atoms with E-state index in [1.807, 2.05) is 55.4 Å². The summed E-state index contributed by atoms with van der Waals surface area (Å²) in [7, 11) is 0. The van der Waals surface area contributed by atoms with E-state index in [0.29, 0.717) is 25.9 Å². The third-order valence-electron chi connectivity index (χ3n) is 8.19. The van der Waals surface area contributed by atoms with Crippen molar-refractivity contribution < 1.29 is 20.0 Å². The maximum Gasteiger partial charge on any atom is 0.225 e. The van der Waals surface area contributed by atoms with Crippen molar-refractivity contribution in [1.29, 1.82) is 0 Å². The fourth-order valence-electron chi connectivity index (χ4n) is 5.98. The number of carbonyl (C=O) groups excluding carboxylic acids is 2. The van der Waals surface area contributed by atoms with Crippen molar-refractivity contribution in [2.24, 2.45) is 11.8 Å². The first-order valence-corrected chi connectivity index (χ1v) is 13.1. The largest absolute Gasteiger partial charge is 0.356 e. The van der Waals surface area contributed by atoms with E-state index in [-0.39, 0.29) is 23.7 Å². The molecule has 2 saturated heterocycles. The number of hydrogen-bond donors (Lipinski definition) is 4. The Balaban J connectivity index is 1.54. The normalized spacial score (nSPS) is 27.6. The maximum atomic E-state index is 12.6. The Morgan fingerprint density at radius 2 is 0.941 bits per heavy atom. The van der Waals surface area contributed by atoms with Crippen LogP contribution in [0.25, 0.3) is 0 Å². The van der Waals surface area contributed by atoms with E-state index >= 15 is 0 Å². The molecule has 2 aliphatic heterocycles. The molecular weight excluding hydrogens is 432 g/mol. The van der Waals surface area contributed by atoms with Crippen molar-refractivity contribution in [2.75, 3.05) is 13.1 Å². The van der Waals surface area contributed by atoms with Gasteiger partial charge in [0.1, 0.15) is 0 Å². The summed E-state index contributed by atoms with van der Waals surface area (Å²) in [6, 6.07) is 0. The molecule has 0 aliphatic carbocycles. The second-order valence-corrected chi connectivity index (χ2v) is 12.8. The van der Waals surface area contributed by atoms with Crippen LogP contribution in [0.5, 0.6) is 0 Å². The van der Waals surface area contributed by atoms with Gasteiger partial charge in [0.25, 0.3) is 0 Å². The molecule has 0 aromatic carbocycles. The van der Waals surface area contributed by atoms with Gasteiger partial charge in [0.15, 0.2) is 0 Å². The summed E-state index contributed by atoms with van der Waals surface area (Å²) in [5.41, 5.74) is -1.92. The van der Waals surface area contributed by atoms with Crippen LogP contribution in [0.2, 0.25) is 0 Å². The highest BCUT2D eigenvalue weighted by molar-refractivity contribution is 5.81. The average molecular weight is 483 g/mol. The number of nitrogens with zero attached hydrogens (tertiary/aromatic N) is 2. The van der Waals surface area contributed by atoms with Crippen molar-refractivity contribution in [3.05, 3.63) is 0 Å². The molecule has 0 aromatic heterocycles. The summed E-state index contributed by atoms with van der Waals surface area (Å²) in [6.45, 7) is 16.9. The summed E-state index contributed by atoms with van der Waals surface area (Å²) in [5, 5.41) is 29.6. The van der Waals surface area contributed by atoms with Crippen molar-refractivity contribution in [1.82, 2.24) is 20.8 Å². The van der Waals surface area contributed by atoms with Gasteiger partial charge in [-0.1, -0.05) is 25.7 Å². The number of hydroxylamine groups is 4. The maximum absolute atomic E-state index is 12.6. The lowest BCUT2D eigenvalue weighted by Gasteiger charge is -2.35. The highest BCUT2D eigenvalue weighted by Gasteiger charge is 2.55. The molecule has 0 aromatic rings. The molecule has 2 atom stereocenters. The zero-order chi connectivity index (χ0) is 25.9. The predicted octanol–water partition coefficient (Wildman–Crippen LogP) is 4.10. The van der Waals surface area contributed by atoms with Gasteiger partial charge in [-0.15, -0.1) is 0 Å². The quantitative estimate of drug-likeness (QED) is 0.331. The number of nitrogens with one attached hydrogen (secondary N) is 2. The minimum atomic E-state index is -0.565. The van der Waals surface area contributed by atoms with E-state index in [0.717, 1.165) is 38.5 Å². The van der Waals surface area contributed by atoms with E-state index < -0.39 is 22.2 Å². The molecule has 2 amide bonds. The molecular formula is C26H50N4O4. The van der Waals surface area contributed by atoms with Gasteiger partial charge in [-0.05, 0) is 81.1 Å². The third kappa shape index (κ3) is 6.31. The Bertz CT molecular complexity index is 660. The molecule has 8 nitrogen and oxygen atoms in total. The Kier molecular flexibility index (Phi) is 9.22. The van der Waals surface area contributed by atoms with E-state index in [9.17, 15) is 20.0 Å². The third-order valence-corrected chi connectivity index (χ3v) is 8.19. The topological polar surface area (TPSA) is 105 Å². The van der Waals surface area contributed by atoms with Crippen LogP contribution in [0.4, 0.5) is 0 Å². The van der Waals surface area contributed by atoms with Crippen molar-refractivity contribution in [2.45, 2.75) is 129 Å². The van der Waals surface area contributed by atoms with E-state index in [2.05, 4.69) is 10.6 Å². The van der Waals surface area contributed by atoms with Crippen LogP contribution in [0.3, 0.4) is 0 Å². The number of hydrogen-bond acceptors (Lipinski definition) is 6. The minimum absolute atomic E-state index is 0.0310. The zero-order valence-corrected chi connectivity index (χ0v) is 22.8. The first kappa shape index (κ1) is 29.0. The molecule has 198 valence electrons. The molecule has 2 unspecified atom stereocenters. The molecule has 0 saturated carbocycles. The minimum Gasteiger partial charge on any atom is -0.356 e. The van der Waals surface area contributed by atoms with Crippen LogP contribution < -0.4 is 10.6 Å². The van der Waals surface area contributed by atoms with Gasteiger partial charge in [-0.25, -0.2) is 0 Å². The van der Waals surface area contributed by atoms with Crippen LogP contribution in [0.1, 0.15) is 107 Å². The Morgan fingerprint density at radius 1 is 0.647 bits per heavy atom. The van der Waals surface area contributed by atoms with Gasteiger partial charge in [-0.2, -0.15) is 10.1 Å². The van der Waals surface area contributed by atoms with Crippen LogP contribution >= 0.6 is 0 Å². The summed E-state index contributed by atoms with van der Waals surface area (Å²) in [4.78, 5) is 25.3. The van der Waals surface area contributed by atoms with Gasteiger partial charge in [0, 0.05) is 24.2 Å². The smallest absolute Gasteiger partial charge is 0.225 e. The molecule has 0 bridgehead atoms. The highest BCUT2D eigenvalue weighted by Crippen LogP contribution is 2.44. The molecule has 2 heterocycles. The molecule has 0 spiro atoms. The second-order valence-electron chi connectivity index (χ2n) is 12.8. The molecule has 34 heavy (non-hydrogen) atoms. The molecule has 0 radical (unpaired) electrons. The first-order chi connectivity index (χ1) is 15.5. The van der Waals surface area contributed by atoms with Gasteiger partial charge in [-0.3, -0.25) is 9.59 Å². The summed E-state index contributed by atoms with van der Waals surface area (Å²) >= 11 is 0. The second kappa shape index (κ2) is 10.8. The fraction of sp³-hybridized carbons (Fsp3) is 0.923. The van der Waals surface area contributed by atoms with Gasteiger partial charge in [0.2, 0.25) is 11.8 Å². The average Bonchev–Trinajstić information content (AvgIpc) is 3.01. The first-order valence-electron chi connectivity index (χ1n) is 13.1. The zero-order valence-electron chi connectivity index (χ0n) is 22.8. The molecule has 4 N–H and O–H groups in total. The van der Waals surface area contributed by atoms with E-state index in [1.165, 1.54) is 10.1 Å². The summed E-state index contributed by atoms with van der Waals surface area (Å²) < 4.78 is 0. The Morgan fingerprint density at radius 3 is 1.21 bits per heavy atom. The summed E-state index contributed by atoms with van der Waals surface area (Å²) in [5.74, 6) is -0.375. The number of carbonyl (C=O) groups is 2. The lowest BCUT2D eigenvalue weighted by atomic mass is 9.86. The van der Waals surface area contributed by atoms with E-state index in [4.69, 9.17) is 0 Å². The van der Waals surface area contributed by atoms with Gasteiger partial charge in [0.05, 0.1) is 22.9 Å². The number of unbranched alkanes of at least 4 members (excludes halogenated alkanes) is 5. The van der Waals surface area contributed by atoms with Gasteiger partial charge < -0.3 is 21.0 Å². The SMILES string of the molecule is CC1(C)CC(C(=O)NCCCCCCCCNC(=O)C2CC(C)(C)N(O)C2(C)C)C(C)(C)N1O. The molecule has 2 fully saturated rings. The Hall–Kier alpha value is -1.22. The molecule has 8 heteroatoms. The lowest BCUT2D eigenvalue weighted by Crippen LogP contribution is -2.50. The predicted molar refractivity (Wildman–Crippen MR) is 134 cm³/mol. The van der Waals surface area contributed by atoms with Crippen molar-refractivity contribution >= 4 is 11.8 Å². The van der Waals surface area contributed by atoms with Crippen LogP contribution in [-0.4, -0.2) is 67.6 Å². The van der Waals surface area contributed by atoms with Crippen molar-refractivity contribution in [3.63, 3.8) is 0 Å².